The van der Waals surface area contributed by atoms with E-state index in [1.54, 1.807) is 0 Å². The van der Waals surface area contributed by atoms with Gasteiger partial charge in [0, 0.05) is 31.5 Å². The normalized spacial score (nSPS) is 21.1. The molecule has 5 heteroatoms. The Kier molecular flexibility index (Phi) is 6.56. The molecule has 138 valence electrons. The SMILES string of the molecule is CN(C(=O)CNc1cccc(OCC2CCCO2)c1)C1CCCCC1. The van der Waals surface area contributed by atoms with Crippen LogP contribution in [0.2, 0.25) is 0 Å². The molecule has 2 aliphatic rings. The molecule has 0 spiro atoms. The van der Waals surface area contributed by atoms with Gasteiger partial charge in [0.05, 0.1) is 12.6 Å². The van der Waals surface area contributed by atoms with Crippen molar-refractivity contribution in [2.24, 2.45) is 0 Å². The number of ether oxygens (including phenoxy) is 2. The summed E-state index contributed by atoms with van der Waals surface area (Å²) >= 11 is 0. The first-order chi connectivity index (χ1) is 12.2. The number of likely N-dealkylation sites (N-methyl/N-ethyl adjacent to an activating group) is 1. The molecule has 1 atom stereocenters. The molecule has 1 aliphatic carbocycles. The standard InChI is InChI=1S/C20H30N2O3/c1-22(17-8-3-2-4-9-17)20(23)14-21-16-7-5-10-18(13-16)25-15-19-11-6-12-24-19/h5,7,10,13,17,19,21H,2-4,6,8-9,11-12,14-15H2,1H3. The van der Waals surface area contributed by atoms with Crippen molar-refractivity contribution in [3.05, 3.63) is 24.3 Å². The number of amides is 1. The second-order valence-electron chi connectivity index (χ2n) is 7.12. The number of nitrogens with zero attached hydrogens (tertiary/aromatic N) is 1. The Hall–Kier alpha value is -1.75. The largest absolute Gasteiger partial charge is 0.491 e. The third-order valence-corrected chi connectivity index (χ3v) is 5.25. The molecule has 5 nitrogen and oxygen atoms in total. The summed E-state index contributed by atoms with van der Waals surface area (Å²) in [5.74, 6) is 0.964. The quantitative estimate of drug-likeness (QED) is 0.822. The number of nitrogens with one attached hydrogen (secondary N) is 1. The second kappa shape index (κ2) is 9.09. The lowest BCUT2D eigenvalue weighted by Crippen LogP contribution is -2.41. The molecule has 1 aromatic carbocycles. The maximum Gasteiger partial charge on any atom is 0.241 e. The van der Waals surface area contributed by atoms with E-state index >= 15 is 0 Å². The number of hydrogen-bond acceptors (Lipinski definition) is 4. The summed E-state index contributed by atoms with van der Waals surface area (Å²) < 4.78 is 11.4. The number of anilines is 1. The maximum atomic E-state index is 12.4. The smallest absolute Gasteiger partial charge is 0.241 e. The van der Waals surface area contributed by atoms with E-state index < -0.39 is 0 Å². The van der Waals surface area contributed by atoms with Crippen molar-refractivity contribution < 1.29 is 14.3 Å². The van der Waals surface area contributed by atoms with E-state index in [1.165, 1.54) is 19.3 Å². The third kappa shape index (κ3) is 5.36. The molecule has 1 saturated carbocycles. The van der Waals surface area contributed by atoms with Crippen LogP contribution in [0.1, 0.15) is 44.9 Å². The Bertz CT molecular complexity index is 552. The monoisotopic (exact) mass is 346 g/mol. The molecule has 0 aromatic heterocycles. The summed E-state index contributed by atoms with van der Waals surface area (Å²) in [4.78, 5) is 14.3. The molecule has 2 fully saturated rings. The molecule has 1 aromatic rings. The lowest BCUT2D eigenvalue weighted by atomic mass is 9.94. The Labute approximate surface area is 150 Å². The minimum absolute atomic E-state index is 0.151. The fraction of sp³-hybridized carbons (Fsp3) is 0.650. The highest BCUT2D eigenvalue weighted by Gasteiger charge is 2.21. The van der Waals surface area contributed by atoms with E-state index in [9.17, 15) is 4.79 Å². The van der Waals surface area contributed by atoms with Gasteiger partial charge in [-0.3, -0.25) is 4.79 Å². The van der Waals surface area contributed by atoms with Crippen LogP contribution in [-0.4, -0.2) is 49.8 Å². The molecular formula is C20H30N2O3. The predicted molar refractivity (Wildman–Crippen MR) is 99.0 cm³/mol. The van der Waals surface area contributed by atoms with Crippen LogP contribution in [-0.2, 0) is 9.53 Å². The molecule has 0 bridgehead atoms. The zero-order valence-electron chi connectivity index (χ0n) is 15.2. The molecule has 1 saturated heterocycles. The van der Waals surface area contributed by atoms with Gasteiger partial charge in [-0.15, -0.1) is 0 Å². The van der Waals surface area contributed by atoms with Crippen molar-refractivity contribution in [1.82, 2.24) is 4.90 Å². The first-order valence-electron chi connectivity index (χ1n) is 9.56. The first-order valence-corrected chi connectivity index (χ1v) is 9.56. The van der Waals surface area contributed by atoms with Gasteiger partial charge in [0.1, 0.15) is 12.4 Å². The van der Waals surface area contributed by atoms with Crippen LogP contribution < -0.4 is 10.1 Å². The molecule has 3 rings (SSSR count). The fourth-order valence-electron chi connectivity index (χ4n) is 3.64. The number of rotatable bonds is 7. The van der Waals surface area contributed by atoms with Gasteiger partial charge in [-0.1, -0.05) is 25.3 Å². The summed E-state index contributed by atoms with van der Waals surface area (Å²) in [6.45, 7) is 1.75. The average Bonchev–Trinajstić information content (AvgIpc) is 3.18. The summed E-state index contributed by atoms with van der Waals surface area (Å²) in [6, 6.07) is 8.21. The average molecular weight is 346 g/mol. The van der Waals surface area contributed by atoms with Crippen LogP contribution in [0.3, 0.4) is 0 Å². The van der Waals surface area contributed by atoms with Crippen LogP contribution in [0, 0.1) is 0 Å². The van der Waals surface area contributed by atoms with Crippen LogP contribution in [0.4, 0.5) is 5.69 Å². The Balaban J connectivity index is 1.45. The highest BCUT2D eigenvalue weighted by molar-refractivity contribution is 5.81. The summed E-state index contributed by atoms with van der Waals surface area (Å²) in [5.41, 5.74) is 0.912. The lowest BCUT2D eigenvalue weighted by molar-refractivity contribution is -0.130. The fourth-order valence-corrected chi connectivity index (χ4v) is 3.64. The van der Waals surface area contributed by atoms with Gasteiger partial charge < -0.3 is 19.7 Å². The minimum Gasteiger partial charge on any atom is -0.491 e. The molecule has 1 unspecified atom stereocenters. The molecular weight excluding hydrogens is 316 g/mol. The highest BCUT2D eigenvalue weighted by Crippen LogP contribution is 2.22. The Morgan fingerprint density at radius 1 is 1.24 bits per heavy atom. The molecule has 1 amide bonds. The van der Waals surface area contributed by atoms with Crippen molar-refractivity contribution in [3.8, 4) is 5.75 Å². The zero-order valence-corrected chi connectivity index (χ0v) is 15.2. The topological polar surface area (TPSA) is 50.8 Å². The Morgan fingerprint density at radius 3 is 2.84 bits per heavy atom. The summed E-state index contributed by atoms with van der Waals surface area (Å²) in [5, 5.41) is 3.23. The van der Waals surface area contributed by atoms with Crippen molar-refractivity contribution >= 4 is 11.6 Å². The van der Waals surface area contributed by atoms with Gasteiger partial charge in [0.15, 0.2) is 0 Å². The van der Waals surface area contributed by atoms with Crippen molar-refractivity contribution in [1.29, 1.82) is 0 Å². The van der Waals surface area contributed by atoms with Crippen LogP contribution >= 0.6 is 0 Å². The maximum absolute atomic E-state index is 12.4. The van der Waals surface area contributed by atoms with E-state index in [2.05, 4.69) is 5.32 Å². The number of benzene rings is 1. The molecule has 1 aliphatic heterocycles. The predicted octanol–water partition coefficient (Wildman–Crippen LogP) is 3.45. The van der Waals surface area contributed by atoms with Gasteiger partial charge in [-0.25, -0.2) is 0 Å². The molecule has 0 radical (unpaired) electrons. The molecule has 1 heterocycles. The summed E-state index contributed by atoms with van der Waals surface area (Å²) in [7, 11) is 1.93. The van der Waals surface area contributed by atoms with Gasteiger partial charge in [0.2, 0.25) is 5.91 Å². The zero-order chi connectivity index (χ0) is 17.5. The van der Waals surface area contributed by atoms with E-state index in [1.807, 2.05) is 36.2 Å². The Morgan fingerprint density at radius 2 is 2.08 bits per heavy atom. The van der Waals surface area contributed by atoms with E-state index in [0.29, 0.717) is 19.2 Å². The van der Waals surface area contributed by atoms with Gasteiger partial charge in [-0.2, -0.15) is 0 Å². The van der Waals surface area contributed by atoms with Crippen molar-refractivity contribution in [2.45, 2.75) is 57.1 Å². The number of carbonyl (C=O) groups excluding carboxylic acids is 1. The molecule has 25 heavy (non-hydrogen) atoms. The highest BCUT2D eigenvalue weighted by atomic mass is 16.5. The number of hydrogen-bond donors (Lipinski definition) is 1. The van der Waals surface area contributed by atoms with E-state index in [-0.39, 0.29) is 12.0 Å². The van der Waals surface area contributed by atoms with Crippen LogP contribution in [0.5, 0.6) is 5.75 Å². The van der Waals surface area contributed by atoms with E-state index in [0.717, 1.165) is 43.7 Å². The molecule has 1 N–H and O–H groups in total. The third-order valence-electron chi connectivity index (χ3n) is 5.25. The van der Waals surface area contributed by atoms with Crippen LogP contribution in [0.25, 0.3) is 0 Å². The second-order valence-corrected chi connectivity index (χ2v) is 7.12. The van der Waals surface area contributed by atoms with Crippen molar-refractivity contribution in [2.75, 3.05) is 32.1 Å². The van der Waals surface area contributed by atoms with Crippen molar-refractivity contribution in [3.63, 3.8) is 0 Å². The first kappa shape index (κ1) is 18.1. The van der Waals surface area contributed by atoms with Gasteiger partial charge in [-0.05, 0) is 37.8 Å². The lowest BCUT2D eigenvalue weighted by Gasteiger charge is -2.31. The minimum atomic E-state index is 0.151. The van der Waals surface area contributed by atoms with E-state index in [4.69, 9.17) is 9.47 Å². The van der Waals surface area contributed by atoms with Gasteiger partial charge >= 0.3 is 0 Å². The summed E-state index contributed by atoms with van der Waals surface area (Å²) in [6.07, 6.45) is 8.44. The van der Waals surface area contributed by atoms with Gasteiger partial charge in [0.25, 0.3) is 0 Å². The number of carbonyl (C=O) groups is 1. The van der Waals surface area contributed by atoms with Crippen LogP contribution in [0.15, 0.2) is 24.3 Å².